The van der Waals surface area contributed by atoms with Gasteiger partial charge in [0.05, 0.1) is 0 Å². The highest BCUT2D eigenvalue weighted by Gasteiger charge is 2.22. The zero-order chi connectivity index (χ0) is 9.14. The Hall–Kier alpha value is -1.19. The van der Waals surface area contributed by atoms with Crippen molar-refractivity contribution in [2.45, 2.75) is 25.7 Å². The minimum absolute atomic E-state index is 0.145. The second-order valence-electron chi connectivity index (χ2n) is 2.73. The average molecular weight is 172 g/mol. The van der Waals surface area contributed by atoms with E-state index < -0.39 is 11.8 Å². The van der Waals surface area contributed by atoms with Crippen LogP contribution in [0.4, 0.5) is 4.39 Å². The molecule has 0 radical (unpaired) electrons. The quantitative estimate of drug-likeness (QED) is 0.609. The van der Waals surface area contributed by atoms with Crippen LogP contribution < -0.4 is 0 Å². The van der Waals surface area contributed by atoms with Gasteiger partial charge in [0.2, 0.25) is 5.83 Å². The monoisotopic (exact) mass is 172 g/mol. The van der Waals surface area contributed by atoms with Crippen molar-refractivity contribution in [3.63, 3.8) is 0 Å². The number of allylic oxidation sites excluding steroid dienone is 1. The van der Waals surface area contributed by atoms with Crippen molar-refractivity contribution in [1.82, 2.24) is 0 Å². The van der Waals surface area contributed by atoms with Gasteiger partial charge >= 0.3 is 5.97 Å². The summed E-state index contributed by atoms with van der Waals surface area (Å²) in [7, 11) is 0. The van der Waals surface area contributed by atoms with Crippen LogP contribution in [-0.4, -0.2) is 16.9 Å². The summed E-state index contributed by atoms with van der Waals surface area (Å²) in [6, 6.07) is 0. The molecule has 0 aliphatic heterocycles. The molecule has 66 valence electrons. The Morgan fingerprint density at radius 1 is 1.33 bits per heavy atom. The molecule has 1 saturated carbocycles. The number of halogens is 1. The third-order valence-electron chi connectivity index (χ3n) is 1.87. The van der Waals surface area contributed by atoms with Crippen molar-refractivity contribution < 1.29 is 19.1 Å². The maximum Gasteiger partial charge on any atom is 0.365 e. The van der Waals surface area contributed by atoms with Gasteiger partial charge in [0.25, 0.3) is 0 Å². The SMILES string of the molecule is O=C(O)/C(F)=C1\CCCCC1=O. The van der Waals surface area contributed by atoms with E-state index in [0.29, 0.717) is 6.42 Å². The summed E-state index contributed by atoms with van der Waals surface area (Å²) >= 11 is 0. The van der Waals surface area contributed by atoms with E-state index in [-0.39, 0.29) is 24.2 Å². The Morgan fingerprint density at radius 3 is 2.42 bits per heavy atom. The highest BCUT2D eigenvalue weighted by atomic mass is 19.1. The van der Waals surface area contributed by atoms with Crippen LogP contribution in [0.3, 0.4) is 0 Å². The van der Waals surface area contributed by atoms with Gasteiger partial charge in [0.1, 0.15) is 0 Å². The first-order chi connectivity index (χ1) is 5.63. The highest BCUT2D eigenvalue weighted by Crippen LogP contribution is 2.23. The lowest BCUT2D eigenvalue weighted by Crippen LogP contribution is -2.13. The second kappa shape index (κ2) is 3.47. The summed E-state index contributed by atoms with van der Waals surface area (Å²) in [6.07, 6.45) is 1.96. The van der Waals surface area contributed by atoms with E-state index in [1.165, 1.54) is 0 Å². The number of rotatable bonds is 1. The van der Waals surface area contributed by atoms with Crippen molar-refractivity contribution in [1.29, 1.82) is 0 Å². The van der Waals surface area contributed by atoms with E-state index >= 15 is 0 Å². The van der Waals surface area contributed by atoms with E-state index in [9.17, 15) is 14.0 Å². The Morgan fingerprint density at radius 2 is 1.92 bits per heavy atom. The van der Waals surface area contributed by atoms with Crippen LogP contribution in [0.2, 0.25) is 0 Å². The predicted molar refractivity (Wildman–Crippen MR) is 39.2 cm³/mol. The maximum absolute atomic E-state index is 12.7. The molecule has 1 fully saturated rings. The highest BCUT2D eigenvalue weighted by molar-refractivity contribution is 6.02. The normalized spacial score (nSPS) is 22.2. The minimum atomic E-state index is -1.64. The summed E-state index contributed by atoms with van der Waals surface area (Å²) in [4.78, 5) is 21.1. The third-order valence-corrected chi connectivity index (χ3v) is 1.87. The first-order valence-electron chi connectivity index (χ1n) is 3.78. The zero-order valence-corrected chi connectivity index (χ0v) is 6.47. The standard InChI is InChI=1S/C8H9FO3/c9-7(8(11)12)5-3-1-2-4-6(5)10/h1-4H2,(H,11,12)/b7-5-. The Bertz CT molecular complexity index is 255. The molecule has 0 atom stereocenters. The molecule has 0 bridgehead atoms. The lowest BCUT2D eigenvalue weighted by Gasteiger charge is -2.11. The molecule has 3 nitrogen and oxygen atoms in total. The summed E-state index contributed by atoms with van der Waals surface area (Å²) in [5, 5.41) is 8.27. The second-order valence-corrected chi connectivity index (χ2v) is 2.73. The van der Waals surface area contributed by atoms with E-state index in [2.05, 4.69) is 0 Å². The minimum Gasteiger partial charge on any atom is -0.476 e. The summed E-state index contributed by atoms with van der Waals surface area (Å²) in [6.45, 7) is 0. The number of ketones is 1. The van der Waals surface area contributed by atoms with Crippen LogP contribution in [0.15, 0.2) is 11.4 Å². The van der Waals surface area contributed by atoms with Crippen LogP contribution in [0.5, 0.6) is 0 Å². The van der Waals surface area contributed by atoms with Crippen LogP contribution in [0.25, 0.3) is 0 Å². The molecule has 0 aromatic rings. The van der Waals surface area contributed by atoms with Crippen molar-refractivity contribution in [2.75, 3.05) is 0 Å². The molecule has 4 heteroatoms. The van der Waals surface area contributed by atoms with Gasteiger partial charge in [-0.05, 0) is 19.3 Å². The number of aliphatic carboxylic acids is 1. The summed E-state index contributed by atoms with van der Waals surface area (Å²) in [5.74, 6) is -3.28. The molecular weight excluding hydrogens is 163 g/mol. The number of Topliss-reactive ketones (excluding diaryl/α,β-unsaturated/α-hetero) is 1. The Labute approximate surface area is 68.9 Å². The Kier molecular flexibility index (Phi) is 2.58. The number of hydrogen-bond donors (Lipinski definition) is 1. The largest absolute Gasteiger partial charge is 0.476 e. The number of carboxylic acids is 1. The van der Waals surface area contributed by atoms with Gasteiger partial charge in [-0.1, -0.05) is 0 Å². The van der Waals surface area contributed by atoms with Gasteiger partial charge in [-0.2, -0.15) is 4.39 Å². The van der Waals surface area contributed by atoms with E-state index in [1.807, 2.05) is 0 Å². The zero-order valence-electron chi connectivity index (χ0n) is 6.47. The van der Waals surface area contributed by atoms with Crippen LogP contribution in [0, 0.1) is 0 Å². The molecule has 0 amide bonds. The maximum atomic E-state index is 12.7. The molecule has 0 aromatic heterocycles. The van der Waals surface area contributed by atoms with Gasteiger partial charge in [0.15, 0.2) is 5.78 Å². The third kappa shape index (κ3) is 1.69. The molecule has 1 rings (SSSR count). The first-order valence-corrected chi connectivity index (χ1v) is 3.78. The van der Waals surface area contributed by atoms with Gasteiger partial charge in [-0.15, -0.1) is 0 Å². The number of hydrogen-bond acceptors (Lipinski definition) is 2. The summed E-state index contributed by atoms with van der Waals surface area (Å²) < 4.78 is 12.7. The van der Waals surface area contributed by atoms with E-state index in [4.69, 9.17) is 5.11 Å². The summed E-state index contributed by atoms with van der Waals surface area (Å²) in [5.41, 5.74) is -0.145. The average Bonchev–Trinajstić information content (AvgIpc) is 2.04. The lowest BCUT2D eigenvalue weighted by molar-refractivity contribution is -0.134. The smallest absolute Gasteiger partial charge is 0.365 e. The van der Waals surface area contributed by atoms with E-state index in [1.54, 1.807) is 0 Å². The molecule has 0 aromatic carbocycles. The first kappa shape index (κ1) is 8.90. The molecule has 1 N–H and O–H groups in total. The topological polar surface area (TPSA) is 54.4 Å². The van der Waals surface area contributed by atoms with E-state index in [0.717, 1.165) is 6.42 Å². The van der Waals surface area contributed by atoms with Gasteiger partial charge in [-0.25, -0.2) is 4.79 Å². The molecule has 0 heterocycles. The van der Waals surface area contributed by atoms with Gasteiger partial charge in [-0.3, -0.25) is 4.79 Å². The molecule has 0 spiro atoms. The Balaban J connectivity index is 2.90. The van der Waals surface area contributed by atoms with Gasteiger partial charge < -0.3 is 5.11 Å². The van der Waals surface area contributed by atoms with Crippen LogP contribution >= 0.6 is 0 Å². The van der Waals surface area contributed by atoms with Gasteiger partial charge in [0, 0.05) is 12.0 Å². The van der Waals surface area contributed by atoms with Crippen molar-refractivity contribution in [2.24, 2.45) is 0 Å². The van der Waals surface area contributed by atoms with Crippen LogP contribution in [-0.2, 0) is 9.59 Å². The lowest BCUT2D eigenvalue weighted by atomic mass is 9.93. The fourth-order valence-corrected chi connectivity index (χ4v) is 1.24. The fraction of sp³-hybridized carbons (Fsp3) is 0.500. The molecule has 1 aliphatic rings. The molecule has 0 saturated heterocycles. The number of carbonyl (C=O) groups is 2. The van der Waals surface area contributed by atoms with Crippen molar-refractivity contribution in [3.8, 4) is 0 Å². The predicted octanol–water partition coefficient (Wildman–Crippen LogP) is 1.44. The van der Waals surface area contributed by atoms with Crippen LogP contribution in [0.1, 0.15) is 25.7 Å². The number of carboxylic acid groups (broad SMARTS) is 1. The molecule has 12 heavy (non-hydrogen) atoms. The molecule has 1 aliphatic carbocycles. The molecule has 0 unspecified atom stereocenters. The van der Waals surface area contributed by atoms with Crippen molar-refractivity contribution in [3.05, 3.63) is 11.4 Å². The fourth-order valence-electron chi connectivity index (χ4n) is 1.24. The van der Waals surface area contributed by atoms with Crippen molar-refractivity contribution >= 4 is 11.8 Å². The molecular formula is C8H9FO3. The number of carbonyl (C=O) groups excluding carboxylic acids is 1.